The van der Waals surface area contributed by atoms with Gasteiger partial charge in [0.05, 0.1) is 25.8 Å². The average Bonchev–Trinajstić information content (AvgIpc) is 2.60. The van der Waals surface area contributed by atoms with E-state index in [0.717, 1.165) is 12.8 Å². The second-order valence-corrected chi connectivity index (χ2v) is 3.79. The summed E-state index contributed by atoms with van der Waals surface area (Å²) < 4.78 is 18.0. The molecule has 4 nitrogen and oxygen atoms in total. The quantitative estimate of drug-likeness (QED) is 0.726. The Morgan fingerprint density at radius 3 is 3.00 bits per heavy atom. The van der Waals surface area contributed by atoms with E-state index in [-0.39, 0.29) is 19.6 Å². The van der Waals surface area contributed by atoms with Gasteiger partial charge in [0.15, 0.2) is 0 Å². The van der Waals surface area contributed by atoms with E-state index < -0.39 is 18.3 Å². The van der Waals surface area contributed by atoms with Gasteiger partial charge in [0, 0.05) is 6.42 Å². The minimum absolute atomic E-state index is 0.0379. The smallest absolute Gasteiger partial charge is 0.410 e. The third kappa shape index (κ3) is 3.34. The van der Waals surface area contributed by atoms with Crippen molar-refractivity contribution in [3.63, 3.8) is 0 Å². The van der Waals surface area contributed by atoms with E-state index in [1.54, 1.807) is 0 Å². The summed E-state index contributed by atoms with van der Waals surface area (Å²) in [7, 11) is 0. The van der Waals surface area contributed by atoms with Gasteiger partial charge in [0.2, 0.25) is 0 Å². The number of nitrogens with zero attached hydrogens (tertiary/aromatic N) is 1. The number of unbranched alkanes of at least 4 members (excludes halogenated alkanes) is 1. The largest absolute Gasteiger partial charge is 0.449 e. The summed E-state index contributed by atoms with van der Waals surface area (Å²) in [6.07, 6.45) is 0.410. The van der Waals surface area contributed by atoms with Crippen LogP contribution in [0.3, 0.4) is 0 Å². The number of ether oxygens (including phenoxy) is 1. The second-order valence-electron chi connectivity index (χ2n) is 3.79. The minimum Gasteiger partial charge on any atom is -0.449 e. The highest BCUT2D eigenvalue weighted by molar-refractivity contribution is 5.68. The number of aliphatic hydroxyl groups is 1. The van der Waals surface area contributed by atoms with Crippen LogP contribution in [0.5, 0.6) is 0 Å². The van der Waals surface area contributed by atoms with Crippen LogP contribution < -0.4 is 0 Å². The molecule has 0 radical (unpaired) electrons. The highest BCUT2D eigenvalue weighted by Gasteiger charge is 2.35. The first-order valence-corrected chi connectivity index (χ1v) is 5.37. The summed E-state index contributed by atoms with van der Waals surface area (Å²) >= 11 is 0. The number of carbonyl (C=O) groups is 1. The van der Waals surface area contributed by atoms with Crippen molar-refractivity contribution in [3.05, 3.63) is 0 Å². The van der Waals surface area contributed by atoms with Gasteiger partial charge in [-0.25, -0.2) is 9.18 Å². The molecule has 1 amide bonds. The molecular formula is C10H18FNO3. The van der Waals surface area contributed by atoms with Gasteiger partial charge >= 0.3 is 6.09 Å². The third-order valence-electron chi connectivity index (χ3n) is 2.53. The second kappa shape index (κ2) is 5.90. The number of halogens is 1. The van der Waals surface area contributed by atoms with Gasteiger partial charge in [-0.2, -0.15) is 0 Å². The molecule has 0 aliphatic carbocycles. The van der Waals surface area contributed by atoms with Crippen LogP contribution in [0.1, 0.15) is 26.2 Å². The number of rotatable bonds is 4. The molecule has 0 aromatic heterocycles. The first-order valence-electron chi connectivity index (χ1n) is 5.37. The Bertz CT molecular complexity index is 213. The highest BCUT2D eigenvalue weighted by atomic mass is 19.1. The van der Waals surface area contributed by atoms with Crippen LogP contribution in [-0.4, -0.2) is 48.1 Å². The number of carbonyl (C=O) groups excluding carboxylic acids is 1. The monoisotopic (exact) mass is 219 g/mol. The van der Waals surface area contributed by atoms with Crippen LogP contribution in [0.4, 0.5) is 9.18 Å². The van der Waals surface area contributed by atoms with E-state index in [9.17, 15) is 9.18 Å². The summed E-state index contributed by atoms with van der Waals surface area (Å²) in [5, 5.41) is 8.96. The minimum atomic E-state index is -1.04. The lowest BCUT2D eigenvalue weighted by Crippen LogP contribution is -2.38. The van der Waals surface area contributed by atoms with Crippen LogP contribution in [0.25, 0.3) is 0 Å². The maximum atomic E-state index is 13.0. The molecule has 1 N–H and O–H groups in total. The Morgan fingerprint density at radius 2 is 2.40 bits per heavy atom. The number of alkyl halides is 1. The molecule has 0 aromatic carbocycles. The molecule has 1 heterocycles. The molecule has 1 aliphatic heterocycles. The number of likely N-dealkylation sites (tertiary alicyclic amines) is 1. The molecule has 88 valence electrons. The van der Waals surface area contributed by atoms with E-state index in [0.29, 0.717) is 6.61 Å². The molecule has 0 aromatic rings. The Kier molecular flexibility index (Phi) is 4.81. The maximum Gasteiger partial charge on any atom is 0.410 e. The molecule has 1 fully saturated rings. The summed E-state index contributed by atoms with van der Waals surface area (Å²) in [4.78, 5) is 12.7. The first kappa shape index (κ1) is 12.2. The van der Waals surface area contributed by atoms with Crippen LogP contribution >= 0.6 is 0 Å². The zero-order valence-corrected chi connectivity index (χ0v) is 8.99. The normalized spacial score (nSPS) is 25.7. The predicted molar refractivity (Wildman–Crippen MR) is 53.3 cm³/mol. The van der Waals surface area contributed by atoms with Crippen LogP contribution in [0.15, 0.2) is 0 Å². The molecule has 1 rings (SSSR count). The zero-order valence-electron chi connectivity index (χ0n) is 8.99. The molecule has 0 bridgehead atoms. The van der Waals surface area contributed by atoms with E-state index in [1.165, 1.54) is 4.90 Å². The van der Waals surface area contributed by atoms with E-state index in [2.05, 4.69) is 0 Å². The lowest BCUT2D eigenvalue weighted by atomic mass is 10.2. The molecule has 2 unspecified atom stereocenters. The molecule has 0 saturated carbocycles. The summed E-state index contributed by atoms with van der Waals surface area (Å²) in [5.41, 5.74) is 0. The molecule has 1 saturated heterocycles. The topological polar surface area (TPSA) is 49.8 Å². The van der Waals surface area contributed by atoms with E-state index >= 15 is 0 Å². The van der Waals surface area contributed by atoms with Gasteiger partial charge in [-0.15, -0.1) is 0 Å². The standard InChI is InChI=1S/C10H18FNO3/c1-2-3-4-15-10(14)12-6-8(11)5-9(12)7-13/h8-9,13H,2-7H2,1H3. The predicted octanol–water partition coefficient (Wildman–Crippen LogP) is 1.33. The average molecular weight is 219 g/mol. The zero-order chi connectivity index (χ0) is 11.3. The van der Waals surface area contributed by atoms with Crippen molar-refractivity contribution >= 4 is 6.09 Å². The molecule has 5 heteroatoms. The number of hydrogen-bond acceptors (Lipinski definition) is 3. The Balaban J connectivity index is 2.37. The van der Waals surface area contributed by atoms with Crippen LogP contribution in [-0.2, 0) is 4.74 Å². The van der Waals surface area contributed by atoms with Gasteiger partial charge in [-0.3, -0.25) is 4.90 Å². The summed E-state index contributed by atoms with van der Waals surface area (Å²) in [5.74, 6) is 0. The van der Waals surface area contributed by atoms with E-state index in [1.807, 2.05) is 6.92 Å². The van der Waals surface area contributed by atoms with Crippen molar-refractivity contribution in [1.82, 2.24) is 4.90 Å². The lowest BCUT2D eigenvalue weighted by Gasteiger charge is -2.21. The van der Waals surface area contributed by atoms with Crippen LogP contribution in [0.2, 0.25) is 0 Å². The Labute approximate surface area is 89.0 Å². The fraction of sp³-hybridized carbons (Fsp3) is 0.900. The van der Waals surface area contributed by atoms with Gasteiger partial charge in [-0.1, -0.05) is 13.3 Å². The van der Waals surface area contributed by atoms with Crippen molar-refractivity contribution in [3.8, 4) is 0 Å². The summed E-state index contributed by atoms with van der Waals surface area (Å²) in [6, 6.07) is -0.422. The fourth-order valence-corrected chi connectivity index (χ4v) is 1.64. The first-order chi connectivity index (χ1) is 7.19. The maximum absolute atomic E-state index is 13.0. The summed E-state index contributed by atoms with van der Waals surface area (Å²) in [6.45, 7) is 2.19. The molecule has 1 aliphatic rings. The van der Waals surface area contributed by atoms with Crippen molar-refractivity contribution < 1.29 is 19.0 Å². The highest BCUT2D eigenvalue weighted by Crippen LogP contribution is 2.20. The van der Waals surface area contributed by atoms with Crippen molar-refractivity contribution in [1.29, 1.82) is 0 Å². The fourth-order valence-electron chi connectivity index (χ4n) is 1.64. The van der Waals surface area contributed by atoms with Gasteiger partial charge in [0.1, 0.15) is 6.17 Å². The Hall–Kier alpha value is -0.840. The molecule has 2 atom stereocenters. The Morgan fingerprint density at radius 1 is 1.67 bits per heavy atom. The SMILES string of the molecule is CCCCOC(=O)N1CC(F)CC1CO. The molecular weight excluding hydrogens is 201 g/mol. The molecule has 0 spiro atoms. The van der Waals surface area contributed by atoms with Gasteiger partial charge in [0.25, 0.3) is 0 Å². The third-order valence-corrected chi connectivity index (χ3v) is 2.53. The number of hydrogen-bond donors (Lipinski definition) is 1. The van der Waals surface area contributed by atoms with Crippen molar-refractivity contribution in [2.45, 2.75) is 38.4 Å². The van der Waals surface area contributed by atoms with Crippen molar-refractivity contribution in [2.75, 3.05) is 19.8 Å². The van der Waals surface area contributed by atoms with Crippen molar-refractivity contribution in [2.24, 2.45) is 0 Å². The number of aliphatic hydroxyl groups excluding tert-OH is 1. The van der Waals surface area contributed by atoms with E-state index in [4.69, 9.17) is 9.84 Å². The molecule has 15 heavy (non-hydrogen) atoms. The lowest BCUT2D eigenvalue weighted by molar-refractivity contribution is 0.0829. The van der Waals surface area contributed by atoms with Gasteiger partial charge < -0.3 is 9.84 Å². The van der Waals surface area contributed by atoms with Gasteiger partial charge in [-0.05, 0) is 6.42 Å². The number of amides is 1. The van der Waals surface area contributed by atoms with Crippen LogP contribution in [0, 0.1) is 0 Å².